The molecule has 0 N–H and O–H groups in total. The van der Waals surface area contributed by atoms with Gasteiger partial charge in [-0.25, -0.2) is 4.68 Å². The summed E-state index contributed by atoms with van der Waals surface area (Å²) < 4.78 is 19.3. The van der Waals surface area contributed by atoms with E-state index in [0.29, 0.717) is 11.5 Å². The minimum Gasteiger partial charge on any atom is -0.492 e. The van der Waals surface area contributed by atoms with Crippen molar-refractivity contribution in [3.05, 3.63) is 94.8 Å². The Bertz CT molecular complexity index is 1270. The number of hydrogen-bond acceptors (Lipinski definition) is 7. The van der Waals surface area contributed by atoms with Gasteiger partial charge in [0.05, 0.1) is 7.11 Å². The van der Waals surface area contributed by atoms with Crippen molar-refractivity contribution in [2.24, 2.45) is 0 Å². The van der Waals surface area contributed by atoms with Crippen molar-refractivity contribution >= 4 is 0 Å². The molecule has 2 aliphatic rings. The molecule has 8 heteroatoms. The van der Waals surface area contributed by atoms with Crippen LogP contribution in [0.3, 0.4) is 0 Å². The summed E-state index contributed by atoms with van der Waals surface area (Å²) in [7, 11) is 3.76. The largest absolute Gasteiger partial charge is 0.492 e. The van der Waals surface area contributed by atoms with E-state index in [1.807, 2.05) is 41.1 Å². The van der Waals surface area contributed by atoms with E-state index >= 15 is 0 Å². The molecule has 1 unspecified atom stereocenters. The van der Waals surface area contributed by atoms with Gasteiger partial charge in [0.2, 0.25) is 12.5 Å². The summed E-state index contributed by atoms with van der Waals surface area (Å²) in [4.78, 5) is 2.27. The average Bonchev–Trinajstić information content (AvgIpc) is 3.54. The molecule has 0 saturated carbocycles. The zero-order chi connectivity index (χ0) is 23.1. The van der Waals surface area contributed by atoms with Crippen molar-refractivity contribution in [3.8, 4) is 17.2 Å². The maximum atomic E-state index is 5.89. The predicted molar refractivity (Wildman–Crippen MR) is 125 cm³/mol. The zero-order valence-electron chi connectivity index (χ0n) is 19.1. The van der Waals surface area contributed by atoms with Gasteiger partial charge in [0.25, 0.3) is 0 Å². The highest BCUT2D eigenvalue weighted by Gasteiger charge is 2.38. The molecule has 1 aromatic heterocycles. The fourth-order valence-corrected chi connectivity index (χ4v) is 5.07. The molecule has 34 heavy (non-hydrogen) atoms. The smallest absolute Gasteiger partial charge is 0.231 e. The van der Waals surface area contributed by atoms with Crippen LogP contribution in [0.15, 0.2) is 66.7 Å². The maximum Gasteiger partial charge on any atom is 0.231 e. The van der Waals surface area contributed by atoms with Crippen molar-refractivity contribution in [2.75, 3.05) is 27.5 Å². The quantitative estimate of drug-likeness (QED) is 0.455. The zero-order valence-corrected chi connectivity index (χ0v) is 19.1. The molecule has 4 aromatic rings. The first kappa shape index (κ1) is 20.7. The van der Waals surface area contributed by atoms with Crippen LogP contribution in [0.5, 0.6) is 17.2 Å². The van der Waals surface area contributed by atoms with Gasteiger partial charge >= 0.3 is 0 Å². The molecule has 0 radical (unpaired) electrons. The summed E-state index contributed by atoms with van der Waals surface area (Å²) >= 11 is 0. The van der Waals surface area contributed by atoms with Gasteiger partial charge in [-0.3, -0.25) is 4.90 Å². The van der Waals surface area contributed by atoms with Crippen LogP contribution in [0.1, 0.15) is 40.2 Å². The Kier molecular flexibility index (Phi) is 5.15. The minimum absolute atomic E-state index is 0.175. The van der Waals surface area contributed by atoms with Crippen LogP contribution in [0.25, 0.3) is 0 Å². The molecule has 0 amide bonds. The Labute approximate surface area is 197 Å². The highest BCUT2D eigenvalue weighted by molar-refractivity contribution is 5.62. The second kappa shape index (κ2) is 8.46. The lowest BCUT2D eigenvalue weighted by atomic mass is 9.90. The SMILES string of the molecule is COc1c2c(cc3c1C(c1nnnn1C(c1ccccc1)c1ccccc1)N(C)CC3)OCO2. The summed E-state index contributed by atoms with van der Waals surface area (Å²) in [6, 6.07) is 22.3. The highest BCUT2D eigenvalue weighted by atomic mass is 16.7. The fraction of sp³-hybridized carbons (Fsp3) is 0.269. The Balaban J connectivity index is 1.55. The van der Waals surface area contributed by atoms with Crippen LogP contribution in [0.4, 0.5) is 0 Å². The number of benzene rings is 3. The maximum absolute atomic E-state index is 5.89. The standard InChI is InChI=1S/C26H25N5O3/c1-30-14-13-19-15-20-24(34-16-33-20)25(32-2)21(19)23(30)26-27-28-29-31(26)22(17-9-5-3-6-10-17)18-11-7-4-8-12-18/h3-12,15,22-23H,13-14,16H2,1-2H3. The normalized spacial score (nSPS) is 17.1. The second-order valence-corrected chi connectivity index (χ2v) is 8.56. The molecule has 172 valence electrons. The number of methoxy groups -OCH3 is 1. The van der Waals surface area contributed by atoms with Gasteiger partial charge < -0.3 is 14.2 Å². The van der Waals surface area contributed by atoms with Gasteiger partial charge in [-0.05, 0) is 46.7 Å². The first-order valence-electron chi connectivity index (χ1n) is 11.3. The number of rotatable bonds is 5. The van der Waals surface area contributed by atoms with Crippen LogP contribution in [-0.4, -0.2) is 52.6 Å². The molecule has 0 saturated heterocycles. The Morgan fingerprint density at radius 2 is 1.71 bits per heavy atom. The summed E-state index contributed by atoms with van der Waals surface area (Å²) in [6.07, 6.45) is 0.873. The first-order chi connectivity index (χ1) is 16.8. The monoisotopic (exact) mass is 455 g/mol. The van der Waals surface area contributed by atoms with Crippen LogP contribution in [0, 0.1) is 0 Å². The molecule has 3 aromatic carbocycles. The summed E-state index contributed by atoms with van der Waals surface area (Å²) in [5.41, 5.74) is 4.41. The number of hydrogen-bond donors (Lipinski definition) is 0. The van der Waals surface area contributed by atoms with Gasteiger partial charge in [0, 0.05) is 12.1 Å². The number of fused-ring (bicyclic) bond motifs is 2. The predicted octanol–water partition coefficient (Wildman–Crippen LogP) is 3.63. The molecule has 8 nitrogen and oxygen atoms in total. The first-order valence-corrected chi connectivity index (χ1v) is 11.3. The van der Waals surface area contributed by atoms with Crippen LogP contribution in [0.2, 0.25) is 0 Å². The molecule has 2 aliphatic heterocycles. The van der Waals surface area contributed by atoms with E-state index < -0.39 is 0 Å². The van der Waals surface area contributed by atoms with Crippen LogP contribution >= 0.6 is 0 Å². The Hall–Kier alpha value is -3.91. The van der Waals surface area contributed by atoms with Crippen molar-refractivity contribution in [2.45, 2.75) is 18.5 Å². The van der Waals surface area contributed by atoms with Crippen molar-refractivity contribution < 1.29 is 14.2 Å². The molecule has 0 spiro atoms. The molecule has 0 aliphatic carbocycles. The van der Waals surface area contributed by atoms with Gasteiger partial charge in [-0.15, -0.1) is 5.10 Å². The van der Waals surface area contributed by atoms with Crippen molar-refractivity contribution in [1.82, 2.24) is 25.1 Å². The lowest BCUT2D eigenvalue weighted by Crippen LogP contribution is -2.36. The number of tetrazole rings is 1. The van der Waals surface area contributed by atoms with E-state index in [0.717, 1.165) is 46.8 Å². The van der Waals surface area contributed by atoms with E-state index in [4.69, 9.17) is 14.2 Å². The topological polar surface area (TPSA) is 74.5 Å². The lowest BCUT2D eigenvalue weighted by Gasteiger charge is -2.35. The van der Waals surface area contributed by atoms with E-state index in [1.165, 1.54) is 0 Å². The van der Waals surface area contributed by atoms with Crippen molar-refractivity contribution in [3.63, 3.8) is 0 Å². The summed E-state index contributed by atoms with van der Waals surface area (Å²) in [5.74, 6) is 2.80. The molecule has 1 atom stereocenters. The molecule has 3 heterocycles. The van der Waals surface area contributed by atoms with Gasteiger partial charge in [-0.2, -0.15) is 0 Å². The second-order valence-electron chi connectivity index (χ2n) is 8.56. The van der Waals surface area contributed by atoms with E-state index in [-0.39, 0.29) is 18.9 Å². The van der Waals surface area contributed by atoms with Gasteiger partial charge in [0.1, 0.15) is 12.1 Å². The molecule has 6 rings (SSSR count). The van der Waals surface area contributed by atoms with Crippen molar-refractivity contribution in [1.29, 1.82) is 0 Å². The highest BCUT2D eigenvalue weighted by Crippen LogP contribution is 2.50. The number of likely N-dealkylation sites (N-methyl/N-ethyl adjacent to an activating group) is 1. The molecule has 0 bridgehead atoms. The number of nitrogens with zero attached hydrogens (tertiary/aromatic N) is 5. The van der Waals surface area contributed by atoms with E-state index in [1.54, 1.807) is 7.11 Å². The third kappa shape index (κ3) is 3.30. The van der Waals surface area contributed by atoms with E-state index in [9.17, 15) is 0 Å². The summed E-state index contributed by atoms with van der Waals surface area (Å²) in [5, 5.41) is 13.2. The fourth-order valence-electron chi connectivity index (χ4n) is 5.07. The van der Waals surface area contributed by atoms with Crippen LogP contribution < -0.4 is 14.2 Å². The van der Waals surface area contributed by atoms with Crippen LogP contribution in [-0.2, 0) is 6.42 Å². The number of ether oxygens (including phenoxy) is 3. The molecular formula is C26H25N5O3. The molecular weight excluding hydrogens is 430 g/mol. The summed E-state index contributed by atoms with van der Waals surface area (Å²) in [6.45, 7) is 1.05. The van der Waals surface area contributed by atoms with E-state index in [2.05, 4.69) is 57.8 Å². The van der Waals surface area contributed by atoms with Gasteiger partial charge in [0.15, 0.2) is 17.3 Å². The molecule has 0 fully saturated rings. The lowest BCUT2D eigenvalue weighted by molar-refractivity contribution is 0.170. The third-order valence-electron chi connectivity index (χ3n) is 6.63. The Morgan fingerprint density at radius 1 is 1.00 bits per heavy atom. The van der Waals surface area contributed by atoms with Gasteiger partial charge in [-0.1, -0.05) is 60.7 Å². The average molecular weight is 456 g/mol. The number of aromatic nitrogens is 4. The minimum atomic E-state index is -0.210. The third-order valence-corrected chi connectivity index (χ3v) is 6.63. The Morgan fingerprint density at radius 3 is 2.38 bits per heavy atom.